The molecule has 1 N–H and O–H groups in total. The Bertz CT molecular complexity index is 632. The Kier molecular flexibility index (Phi) is 4.40. The van der Waals surface area contributed by atoms with Crippen LogP contribution in [0.25, 0.3) is 0 Å². The van der Waals surface area contributed by atoms with Crippen LogP contribution in [-0.2, 0) is 13.6 Å². The van der Waals surface area contributed by atoms with Crippen molar-refractivity contribution in [3.8, 4) is 0 Å². The minimum Gasteiger partial charge on any atom is -0.444 e. The van der Waals surface area contributed by atoms with Gasteiger partial charge in [0.1, 0.15) is 16.6 Å². The average molecular weight is 316 g/mol. The number of amides is 1. The van der Waals surface area contributed by atoms with Crippen molar-refractivity contribution in [3.05, 3.63) is 39.8 Å². The van der Waals surface area contributed by atoms with Crippen LogP contribution in [0.5, 0.6) is 0 Å². The highest BCUT2D eigenvalue weighted by Gasteiger charge is 2.16. The molecule has 0 unspecified atom stereocenters. The summed E-state index contributed by atoms with van der Waals surface area (Å²) >= 11 is 11.8. The average Bonchev–Trinajstić information content (AvgIpc) is 2.97. The maximum absolute atomic E-state index is 12.0. The van der Waals surface area contributed by atoms with E-state index in [-0.39, 0.29) is 18.4 Å². The first-order valence-corrected chi connectivity index (χ1v) is 6.89. The Hall–Kier alpha value is -1.46. The highest BCUT2D eigenvalue weighted by molar-refractivity contribution is 6.41. The fourth-order valence-corrected chi connectivity index (χ4v) is 2.06. The zero-order valence-electron chi connectivity index (χ0n) is 11.4. The Morgan fingerprint density at radius 3 is 2.70 bits per heavy atom. The number of halogens is 2. The predicted molar refractivity (Wildman–Crippen MR) is 77.2 cm³/mol. The van der Waals surface area contributed by atoms with E-state index < -0.39 is 0 Å². The Labute approximate surface area is 126 Å². The Morgan fingerprint density at radius 1 is 1.50 bits per heavy atom. The topological polar surface area (TPSA) is 60.1 Å². The standard InChI is InChI=1S/C13H15Cl2N3O2/c1-7(2)10-5-16-11(20-10)6-17-13(19)9-4-8(14)12(15)18(9)3/h4-5,7H,6H2,1-3H3,(H,17,19). The van der Waals surface area contributed by atoms with E-state index in [4.69, 9.17) is 27.6 Å². The van der Waals surface area contributed by atoms with E-state index in [1.807, 2.05) is 13.8 Å². The maximum Gasteiger partial charge on any atom is 0.268 e. The number of rotatable bonds is 4. The summed E-state index contributed by atoms with van der Waals surface area (Å²) in [4.78, 5) is 16.1. The first-order chi connectivity index (χ1) is 9.40. The van der Waals surface area contributed by atoms with Crippen molar-refractivity contribution in [1.29, 1.82) is 0 Å². The molecule has 0 aliphatic carbocycles. The molecule has 0 aromatic carbocycles. The molecule has 0 spiro atoms. The molecule has 2 aromatic heterocycles. The van der Waals surface area contributed by atoms with Crippen LogP contribution in [0.3, 0.4) is 0 Å². The highest BCUT2D eigenvalue weighted by Crippen LogP contribution is 2.25. The lowest BCUT2D eigenvalue weighted by atomic mass is 10.2. The molecular formula is C13H15Cl2N3O2. The van der Waals surface area contributed by atoms with Crippen molar-refractivity contribution in [2.24, 2.45) is 7.05 Å². The number of oxazole rings is 1. The van der Waals surface area contributed by atoms with Gasteiger partial charge in [-0.25, -0.2) is 4.98 Å². The summed E-state index contributed by atoms with van der Waals surface area (Å²) in [6.45, 7) is 4.24. The van der Waals surface area contributed by atoms with Crippen LogP contribution >= 0.6 is 23.2 Å². The molecule has 2 rings (SSSR count). The van der Waals surface area contributed by atoms with E-state index >= 15 is 0 Å². The van der Waals surface area contributed by atoms with Gasteiger partial charge in [-0.05, 0) is 6.07 Å². The van der Waals surface area contributed by atoms with Gasteiger partial charge >= 0.3 is 0 Å². The summed E-state index contributed by atoms with van der Waals surface area (Å²) in [6.07, 6.45) is 1.67. The first kappa shape index (κ1) is 14.9. The molecule has 0 radical (unpaired) electrons. The van der Waals surface area contributed by atoms with Crippen LogP contribution in [0.4, 0.5) is 0 Å². The van der Waals surface area contributed by atoms with Gasteiger partial charge in [0.05, 0.1) is 17.8 Å². The normalized spacial score (nSPS) is 11.1. The van der Waals surface area contributed by atoms with Crippen molar-refractivity contribution in [2.75, 3.05) is 0 Å². The van der Waals surface area contributed by atoms with Gasteiger partial charge in [0.25, 0.3) is 5.91 Å². The van der Waals surface area contributed by atoms with E-state index in [9.17, 15) is 4.79 Å². The van der Waals surface area contributed by atoms with Gasteiger partial charge in [0.15, 0.2) is 0 Å². The number of hydrogen-bond donors (Lipinski definition) is 1. The van der Waals surface area contributed by atoms with Gasteiger partial charge in [-0.1, -0.05) is 37.0 Å². The highest BCUT2D eigenvalue weighted by atomic mass is 35.5. The van der Waals surface area contributed by atoms with Crippen LogP contribution < -0.4 is 5.32 Å². The predicted octanol–water partition coefficient (Wildman–Crippen LogP) is 3.37. The van der Waals surface area contributed by atoms with Crippen LogP contribution in [0.1, 0.15) is 41.9 Å². The SMILES string of the molecule is CC(C)c1cnc(CNC(=O)c2cc(Cl)c(Cl)n2C)o1. The van der Waals surface area contributed by atoms with Gasteiger partial charge in [-0.2, -0.15) is 0 Å². The summed E-state index contributed by atoms with van der Waals surface area (Å²) in [5, 5.41) is 3.39. The van der Waals surface area contributed by atoms with Crippen LogP contribution in [0, 0.1) is 0 Å². The third kappa shape index (κ3) is 2.99. The lowest BCUT2D eigenvalue weighted by Crippen LogP contribution is -2.25. The number of nitrogens with one attached hydrogen (secondary N) is 1. The molecule has 1 amide bonds. The van der Waals surface area contributed by atoms with Gasteiger partial charge in [-0.15, -0.1) is 0 Å². The third-order valence-corrected chi connectivity index (χ3v) is 3.73. The smallest absolute Gasteiger partial charge is 0.268 e. The molecule has 0 fully saturated rings. The number of hydrogen-bond acceptors (Lipinski definition) is 3. The van der Waals surface area contributed by atoms with Crippen LogP contribution in [-0.4, -0.2) is 15.5 Å². The molecule has 0 bridgehead atoms. The molecule has 7 heteroatoms. The molecule has 2 heterocycles. The van der Waals surface area contributed by atoms with E-state index in [0.29, 0.717) is 21.8 Å². The van der Waals surface area contributed by atoms with Crippen molar-refractivity contribution < 1.29 is 9.21 Å². The fraction of sp³-hybridized carbons (Fsp3) is 0.385. The number of carbonyl (C=O) groups is 1. The second-order valence-electron chi connectivity index (χ2n) is 4.72. The summed E-state index contributed by atoms with van der Waals surface area (Å²) in [7, 11) is 1.67. The second-order valence-corrected chi connectivity index (χ2v) is 5.49. The van der Waals surface area contributed by atoms with Crippen LogP contribution in [0.2, 0.25) is 10.2 Å². The van der Waals surface area contributed by atoms with Gasteiger partial charge in [-0.3, -0.25) is 4.79 Å². The molecule has 5 nitrogen and oxygen atoms in total. The molecule has 0 aliphatic heterocycles. The van der Waals surface area contributed by atoms with E-state index in [0.717, 1.165) is 5.76 Å². The minimum atomic E-state index is -0.286. The summed E-state index contributed by atoms with van der Waals surface area (Å²) in [6, 6.07) is 1.52. The largest absolute Gasteiger partial charge is 0.444 e. The zero-order valence-corrected chi connectivity index (χ0v) is 12.9. The second kappa shape index (κ2) is 5.89. The summed E-state index contributed by atoms with van der Waals surface area (Å²) < 4.78 is 7.03. The quantitative estimate of drug-likeness (QED) is 0.941. The van der Waals surface area contributed by atoms with Crippen molar-refractivity contribution in [2.45, 2.75) is 26.3 Å². The lowest BCUT2D eigenvalue weighted by Gasteiger charge is -2.04. The number of aromatic nitrogens is 2. The fourth-order valence-electron chi connectivity index (χ4n) is 1.68. The number of nitrogens with zero attached hydrogens (tertiary/aromatic N) is 2. The third-order valence-electron chi connectivity index (χ3n) is 2.89. The van der Waals surface area contributed by atoms with Crippen molar-refractivity contribution in [3.63, 3.8) is 0 Å². The summed E-state index contributed by atoms with van der Waals surface area (Å²) in [5.74, 6) is 1.23. The Morgan fingerprint density at radius 2 is 2.20 bits per heavy atom. The van der Waals surface area contributed by atoms with Gasteiger partial charge in [0.2, 0.25) is 5.89 Å². The monoisotopic (exact) mass is 315 g/mol. The van der Waals surface area contributed by atoms with E-state index in [1.165, 1.54) is 10.6 Å². The molecule has 108 valence electrons. The molecule has 0 saturated carbocycles. The Balaban J connectivity index is 2.03. The van der Waals surface area contributed by atoms with E-state index in [1.54, 1.807) is 13.2 Å². The number of carbonyl (C=O) groups excluding carboxylic acids is 1. The molecule has 0 saturated heterocycles. The van der Waals surface area contributed by atoms with Gasteiger partial charge in [0, 0.05) is 13.0 Å². The van der Waals surface area contributed by atoms with Gasteiger partial charge < -0.3 is 14.3 Å². The minimum absolute atomic E-state index is 0.214. The molecule has 20 heavy (non-hydrogen) atoms. The van der Waals surface area contributed by atoms with Crippen molar-refractivity contribution >= 4 is 29.1 Å². The molecule has 0 aliphatic rings. The first-order valence-electron chi connectivity index (χ1n) is 6.13. The molecule has 0 atom stereocenters. The van der Waals surface area contributed by atoms with Crippen molar-refractivity contribution in [1.82, 2.24) is 14.9 Å². The van der Waals surface area contributed by atoms with E-state index in [2.05, 4.69) is 10.3 Å². The maximum atomic E-state index is 12.0. The lowest BCUT2D eigenvalue weighted by molar-refractivity contribution is 0.0939. The van der Waals surface area contributed by atoms with Crippen LogP contribution in [0.15, 0.2) is 16.7 Å². The molecular weight excluding hydrogens is 301 g/mol. The zero-order chi connectivity index (χ0) is 14.9. The summed E-state index contributed by atoms with van der Waals surface area (Å²) in [5.41, 5.74) is 0.385. The molecule has 2 aromatic rings.